The number of alkyl halides is 3. The molecule has 6 heteroatoms. The van der Waals surface area contributed by atoms with Crippen molar-refractivity contribution in [3.05, 3.63) is 35.1 Å². The van der Waals surface area contributed by atoms with E-state index in [0.717, 1.165) is 12.1 Å². The van der Waals surface area contributed by atoms with Gasteiger partial charge in [-0.2, -0.15) is 13.2 Å². The van der Waals surface area contributed by atoms with Crippen molar-refractivity contribution in [1.29, 1.82) is 0 Å². The van der Waals surface area contributed by atoms with Gasteiger partial charge in [-0.15, -0.1) is 12.4 Å². The third kappa shape index (κ3) is 3.35. The monoisotopic (exact) mass is 257 g/mol. The Balaban J connectivity index is 0.00000225. The van der Waals surface area contributed by atoms with E-state index < -0.39 is 23.6 Å². The summed E-state index contributed by atoms with van der Waals surface area (Å²) in [5, 5.41) is 0. The molecule has 0 saturated heterocycles. The van der Waals surface area contributed by atoms with Crippen molar-refractivity contribution in [3.63, 3.8) is 0 Å². The third-order valence-electron chi connectivity index (χ3n) is 2.17. The number of halogens is 5. The molecule has 0 heterocycles. The van der Waals surface area contributed by atoms with Crippen molar-refractivity contribution >= 4 is 12.4 Å². The lowest BCUT2D eigenvalue weighted by Gasteiger charge is -2.12. The van der Waals surface area contributed by atoms with Gasteiger partial charge >= 0.3 is 6.18 Å². The van der Waals surface area contributed by atoms with E-state index in [1.807, 2.05) is 0 Å². The lowest BCUT2D eigenvalue weighted by Crippen LogP contribution is -2.12. The molecule has 92 valence electrons. The normalized spacial score (nSPS) is 13.1. The zero-order valence-electron chi connectivity index (χ0n) is 8.51. The number of hydrogen-bond donors (Lipinski definition) is 1. The minimum absolute atomic E-state index is 0. The molecule has 16 heavy (non-hydrogen) atoms. The Kier molecular flexibility index (Phi) is 5.22. The number of rotatable bonds is 2. The van der Waals surface area contributed by atoms with E-state index in [0.29, 0.717) is 12.5 Å². The number of benzene rings is 1. The largest absolute Gasteiger partial charge is 0.416 e. The van der Waals surface area contributed by atoms with Gasteiger partial charge in [-0.3, -0.25) is 0 Å². The van der Waals surface area contributed by atoms with Gasteiger partial charge in [0.2, 0.25) is 0 Å². The van der Waals surface area contributed by atoms with Gasteiger partial charge in [-0.1, -0.05) is 13.0 Å². The molecule has 1 aromatic rings. The van der Waals surface area contributed by atoms with Gasteiger partial charge < -0.3 is 5.73 Å². The van der Waals surface area contributed by atoms with Crippen LogP contribution in [0, 0.1) is 5.82 Å². The van der Waals surface area contributed by atoms with Crippen molar-refractivity contribution in [2.75, 3.05) is 0 Å². The van der Waals surface area contributed by atoms with Gasteiger partial charge in [0.25, 0.3) is 0 Å². The van der Waals surface area contributed by atoms with Crippen LogP contribution in [0.1, 0.15) is 30.5 Å². The molecule has 1 unspecified atom stereocenters. The second kappa shape index (κ2) is 5.50. The van der Waals surface area contributed by atoms with Crippen molar-refractivity contribution in [1.82, 2.24) is 0 Å². The topological polar surface area (TPSA) is 26.0 Å². The standard InChI is InChI=1S/C10H11F4N.ClH/c1-2-9(15)7-4-3-6(5-8(7)11)10(12,13)14;/h3-5,9H,2,15H2,1H3;1H. The van der Waals surface area contributed by atoms with E-state index in [9.17, 15) is 17.6 Å². The summed E-state index contributed by atoms with van der Waals surface area (Å²) in [5.74, 6) is -0.904. The van der Waals surface area contributed by atoms with Crippen LogP contribution in [0.25, 0.3) is 0 Å². The summed E-state index contributed by atoms with van der Waals surface area (Å²) in [6, 6.07) is 1.85. The van der Waals surface area contributed by atoms with E-state index >= 15 is 0 Å². The molecule has 0 fully saturated rings. The summed E-state index contributed by atoms with van der Waals surface area (Å²) in [7, 11) is 0. The Morgan fingerprint density at radius 2 is 1.88 bits per heavy atom. The molecule has 0 spiro atoms. The molecule has 0 saturated carbocycles. The summed E-state index contributed by atoms with van der Waals surface area (Å²) >= 11 is 0. The maximum Gasteiger partial charge on any atom is 0.416 e. The molecule has 0 amide bonds. The minimum Gasteiger partial charge on any atom is -0.324 e. The van der Waals surface area contributed by atoms with Gasteiger partial charge in [-0.25, -0.2) is 4.39 Å². The summed E-state index contributed by atoms with van der Waals surface area (Å²) in [6.07, 6.45) is -4.04. The highest BCUT2D eigenvalue weighted by Crippen LogP contribution is 2.31. The lowest BCUT2D eigenvalue weighted by molar-refractivity contribution is -0.137. The van der Waals surface area contributed by atoms with Crippen LogP contribution >= 0.6 is 12.4 Å². The maximum absolute atomic E-state index is 13.2. The highest BCUT2D eigenvalue weighted by molar-refractivity contribution is 5.85. The van der Waals surface area contributed by atoms with Crippen LogP contribution in [0.4, 0.5) is 17.6 Å². The molecule has 0 bridgehead atoms. The van der Waals surface area contributed by atoms with Crippen LogP contribution in [0.15, 0.2) is 18.2 Å². The van der Waals surface area contributed by atoms with Crippen molar-refractivity contribution < 1.29 is 17.6 Å². The fraction of sp³-hybridized carbons (Fsp3) is 0.400. The van der Waals surface area contributed by atoms with Crippen LogP contribution in [-0.4, -0.2) is 0 Å². The molecule has 0 aromatic heterocycles. The van der Waals surface area contributed by atoms with Crippen LogP contribution in [0.2, 0.25) is 0 Å². The Morgan fingerprint density at radius 3 is 2.25 bits per heavy atom. The predicted octanol–water partition coefficient (Wildman–Crippen LogP) is 3.68. The summed E-state index contributed by atoms with van der Waals surface area (Å²) in [5.41, 5.74) is 4.66. The van der Waals surface area contributed by atoms with Crippen LogP contribution in [0.3, 0.4) is 0 Å². The van der Waals surface area contributed by atoms with Gasteiger partial charge in [0.1, 0.15) is 5.82 Å². The Morgan fingerprint density at radius 1 is 1.31 bits per heavy atom. The highest BCUT2D eigenvalue weighted by Gasteiger charge is 2.31. The molecule has 1 rings (SSSR count). The van der Waals surface area contributed by atoms with Gasteiger partial charge in [0.05, 0.1) is 5.56 Å². The number of nitrogens with two attached hydrogens (primary N) is 1. The highest BCUT2D eigenvalue weighted by atomic mass is 35.5. The zero-order chi connectivity index (χ0) is 11.6. The smallest absolute Gasteiger partial charge is 0.324 e. The molecule has 0 aliphatic carbocycles. The molecular formula is C10H12ClF4N. The third-order valence-corrected chi connectivity index (χ3v) is 2.17. The fourth-order valence-corrected chi connectivity index (χ4v) is 1.22. The molecule has 0 aliphatic rings. The zero-order valence-corrected chi connectivity index (χ0v) is 9.33. The van der Waals surface area contributed by atoms with Crippen LogP contribution < -0.4 is 5.73 Å². The Labute approximate surface area is 97.0 Å². The summed E-state index contributed by atoms with van der Waals surface area (Å²) in [6.45, 7) is 1.74. The second-order valence-corrected chi connectivity index (χ2v) is 3.25. The molecule has 0 radical (unpaired) electrons. The first kappa shape index (κ1) is 15.2. The molecule has 1 aromatic carbocycles. The van der Waals surface area contributed by atoms with E-state index in [1.54, 1.807) is 6.92 Å². The first-order valence-corrected chi connectivity index (χ1v) is 4.48. The average molecular weight is 258 g/mol. The van der Waals surface area contributed by atoms with Crippen molar-refractivity contribution in [2.45, 2.75) is 25.6 Å². The SMILES string of the molecule is CCC(N)c1ccc(C(F)(F)F)cc1F.Cl. The minimum atomic E-state index is -4.52. The first-order chi connectivity index (χ1) is 6.86. The van der Waals surface area contributed by atoms with Gasteiger partial charge in [0.15, 0.2) is 0 Å². The van der Waals surface area contributed by atoms with Gasteiger partial charge in [0, 0.05) is 11.6 Å². The molecule has 0 aliphatic heterocycles. The van der Waals surface area contributed by atoms with E-state index in [-0.39, 0.29) is 18.0 Å². The summed E-state index contributed by atoms with van der Waals surface area (Å²) < 4.78 is 49.8. The molecular weight excluding hydrogens is 246 g/mol. The quantitative estimate of drug-likeness (QED) is 0.804. The van der Waals surface area contributed by atoms with Crippen LogP contribution in [0.5, 0.6) is 0 Å². The Bertz CT molecular complexity index is 351. The average Bonchev–Trinajstić information content (AvgIpc) is 2.15. The van der Waals surface area contributed by atoms with E-state index in [1.165, 1.54) is 0 Å². The van der Waals surface area contributed by atoms with Crippen molar-refractivity contribution in [3.8, 4) is 0 Å². The molecule has 1 nitrogen and oxygen atoms in total. The van der Waals surface area contributed by atoms with Crippen molar-refractivity contribution in [2.24, 2.45) is 5.73 Å². The second-order valence-electron chi connectivity index (χ2n) is 3.25. The van der Waals surface area contributed by atoms with E-state index in [2.05, 4.69) is 0 Å². The van der Waals surface area contributed by atoms with Crippen LogP contribution in [-0.2, 0) is 6.18 Å². The first-order valence-electron chi connectivity index (χ1n) is 4.48. The predicted molar refractivity (Wildman–Crippen MR) is 55.9 cm³/mol. The lowest BCUT2D eigenvalue weighted by atomic mass is 10.0. The fourth-order valence-electron chi connectivity index (χ4n) is 1.22. The maximum atomic E-state index is 13.2. The van der Waals surface area contributed by atoms with E-state index in [4.69, 9.17) is 5.73 Å². The molecule has 1 atom stereocenters. The Hall–Kier alpha value is -0.810. The molecule has 2 N–H and O–H groups in total. The number of hydrogen-bond acceptors (Lipinski definition) is 1. The van der Waals surface area contributed by atoms with Gasteiger partial charge in [-0.05, 0) is 18.6 Å². The summed E-state index contributed by atoms with van der Waals surface area (Å²) in [4.78, 5) is 0.